The van der Waals surface area contributed by atoms with E-state index in [1.807, 2.05) is 24.3 Å². The molecule has 0 radical (unpaired) electrons. The Kier molecular flexibility index (Phi) is 6.34. The van der Waals surface area contributed by atoms with Crippen molar-refractivity contribution in [3.05, 3.63) is 186 Å². The van der Waals surface area contributed by atoms with Crippen molar-refractivity contribution in [1.29, 1.82) is 0 Å². The molecule has 10 rings (SSSR count). The molecule has 1 N–H and O–H groups in total. The molecule has 0 spiro atoms. The molecule has 0 saturated carbocycles. The van der Waals surface area contributed by atoms with Crippen molar-refractivity contribution < 1.29 is 4.74 Å². The Balaban J connectivity index is 1.20. The lowest BCUT2D eigenvalue weighted by Gasteiger charge is -2.24. The maximum Gasteiger partial charge on any atom is 0.159 e. The first-order valence-electron chi connectivity index (χ1n) is 16.9. The smallest absolute Gasteiger partial charge is 0.159 e. The van der Waals surface area contributed by atoms with Gasteiger partial charge in [-0.1, -0.05) is 133 Å². The monoisotopic (exact) mass is 629 g/mol. The number of ether oxygens (including phenoxy) is 1. The molecule has 0 saturated heterocycles. The topological polar surface area (TPSA) is 46.0 Å². The van der Waals surface area contributed by atoms with E-state index in [2.05, 4.69) is 139 Å². The van der Waals surface area contributed by atoms with E-state index in [0.717, 1.165) is 51.6 Å². The molecule has 2 aliphatic heterocycles. The summed E-state index contributed by atoms with van der Waals surface area (Å²) >= 11 is 0. The van der Waals surface area contributed by atoms with Crippen molar-refractivity contribution in [3.8, 4) is 16.9 Å². The van der Waals surface area contributed by atoms with Crippen LogP contribution in [0.25, 0.3) is 43.4 Å². The molecule has 0 aromatic heterocycles. The van der Waals surface area contributed by atoms with Crippen molar-refractivity contribution in [3.63, 3.8) is 0 Å². The highest BCUT2D eigenvalue weighted by molar-refractivity contribution is 6.25. The summed E-state index contributed by atoms with van der Waals surface area (Å²) in [5.74, 6) is 3.52. The Morgan fingerprint density at radius 3 is 1.98 bits per heavy atom. The summed E-state index contributed by atoms with van der Waals surface area (Å²) in [6.07, 6.45) is 7.07. The van der Waals surface area contributed by atoms with Crippen LogP contribution < -0.4 is 10.1 Å². The summed E-state index contributed by atoms with van der Waals surface area (Å²) in [5, 5.41) is 11.2. The maximum absolute atomic E-state index is 6.63. The quantitative estimate of drug-likeness (QED) is 0.197. The van der Waals surface area contributed by atoms with Crippen LogP contribution in [0.2, 0.25) is 0 Å². The molecular formula is C45H31N3O. The van der Waals surface area contributed by atoms with Crippen LogP contribution in [0.5, 0.6) is 5.75 Å². The zero-order valence-corrected chi connectivity index (χ0v) is 26.7. The number of amidine groups is 2. The molecule has 232 valence electrons. The van der Waals surface area contributed by atoms with Gasteiger partial charge in [-0.15, -0.1) is 0 Å². The second-order valence-electron chi connectivity index (χ2n) is 12.9. The van der Waals surface area contributed by atoms with Crippen LogP contribution in [0.4, 0.5) is 0 Å². The largest absolute Gasteiger partial charge is 0.461 e. The van der Waals surface area contributed by atoms with E-state index in [4.69, 9.17) is 14.7 Å². The second-order valence-corrected chi connectivity index (χ2v) is 12.9. The third-order valence-corrected chi connectivity index (χ3v) is 10.0. The Morgan fingerprint density at radius 2 is 1.24 bits per heavy atom. The van der Waals surface area contributed by atoms with Gasteiger partial charge in [-0.2, -0.15) is 0 Å². The molecule has 3 aliphatic rings. The third kappa shape index (κ3) is 4.60. The molecule has 2 atom stereocenters. The van der Waals surface area contributed by atoms with Crippen LogP contribution >= 0.6 is 0 Å². The fourth-order valence-electron chi connectivity index (χ4n) is 7.74. The van der Waals surface area contributed by atoms with Gasteiger partial charge in [0, 0.05) is 22.6 Å². The van der Waals surface area contributed by atoms with Crippen molar-refractivity contribution in [2.75, 3.05) is 0 Å². The number of hydrogen-bond acceptors (Lipinski definition) is 4. The van der Waals surface area contributed by atoms with Gasteiger partial charge in [0.1, 0.15) is 23.5 Å². The molecule has 0 bridgehead atoms. The highest BCUT2D eigenvalue weighted by Gasteiger charge is 2.34. The Labute approximate surface area is 284 Å². The minimum absolute atomic E-state index is 0.170. The molecule has 0 amide bonds. The van der Waals surface area contributed by atoms with Gasteiger partial charge in [-0.05, 0) is 79.7 Å². The van der Waals surface area contributed by atoms with E-state index in [9.17, 15) is 0 Å². The van der Waals surface area contributed by atoms with E-state index in [-0.39, 0.29) is 12.1 Å². The fourth-order valence-corrected chi connectivity index (χ4v) is 7.74. The summed E-state index contributed by atoms with van der Waals surface area (Å²) < 4.78 is 6.63. The van der Waals surface area contributed by atoms with Crippen molar-refractivity contribution in [2.45, 2.75) is 18.5 Å². The SMILES string of the molecule is C1=CCC2C(=C1)Oc1cc(C3=NC(c4ccccc4)NC(c4ccccc4)=N3)cc(-c3ccc4c5ccccc5c5ccccc5c4c3)c12. The highest BCUT2D eigenvalue weighted by atomic mass is 16.5. The van der Waals surface area contributed by atoms with Crippen molar-refractivity contribution in [2.24, 2.45) is 9.98 Å². The van der Waals surface area contributed by atoms with E-state index >= 15 is 0 Å². The summed E-state index contributed by atoms with van der Waals surface area (Å²) in [6.45, 7) is 0. The number of rotatable bonds is 4. The van der Waals surface area contributed by atoms with Gasteiger partial charge in [0.15, 0.2) is 5.84 Å². The van der Waals surface area contributed by atoms with E-state index in [1.54, 1.807) is 0 Å². The van der Waals surface area contributed by atoms with Gasteiger partial charge < -0.3 is 10.1 Å². The number of hydrogen-bond donors (Lipinski definition) is 1. The first-order chi connectivity index (χ1) is 24.3. The van der Waals surface area contributed by atoms with E-state index in [0.29, 0.717) is 5.84 Å². The summed E-state index contributed by atoms with van der Waals surface area (Å²) in [6, 6.07) is 49.5. The average molecular weight is 630 g/mol. The molecule has 2 heterocycles. The zero-order chi connectivity index (χ0) is 32.3. The van der Waals surface area contributed by atoms with E-state index in [1.165, 1.54) is 37.9 Å². The zero-order valence-electron chi connectivity index (χ0n) is 26.7. The highest BCUT2D eigenvalue weighted by Crippen LogP contribution is 2.50. The number of nitrogens with zero attached hydrogens (tertiary/aromatic N) is 2. The van der Waals surface area contributed by atoms with Gasteiger partial charge in [-0.25, -0.2) is 9.98 Å². The molecule has 49 heavy (non-hydrogen) atoms. The standard InChI is InChI=1S/C45H31N3O/c1-3-13-28(14-4-1)43-46-44(29-15-5-2-6-16-29)48-45(47-43)31-26-38(42-37-21-11-12-22-40(37)49-41(42)27-31)30-23-24-36-34-19-8-7-17-32(34)33-18-9-10-20-35(33)39(36)25-30/h1-20,22-27,37,43H,21H2,(H,46,47,48). The lowest BCUT2D eigenvalue weighted by molar-refractivity contribution is 0.425. The molecule has 7 aromatic carbocycles. The van der Waals surface area contributed by atoms with Gasteiger partial charge in [0.2, 0.25) is 0 Å². The molecule has 0 fully saturated rings. The Hall–Kier alpha value is -6.26. The Bertz CT molecular complexity index is 2550. The minimum Gasteiger partial charge on any atom is -0.461 e. The third-order valence-electron chi connectivity index (χ3n) is 10.0. The van der Waals surface area contributed by atoms with Crippen LogP contribution in [-0.2, 0) is 0 Å². The number of fused-ring (bicyclic) bond motifs is 9. The van der Waals surface area contributed by atoms with Crippen LogP contribution in [0.1, 0.15) is 40.8 Å². The Morgan fingerprint density at radius 1 is 0.592 bits per heavy atom. The van der Waals surface area contributed by atoms with Crippen LogP contribution in [0, 0.1) is 0 Å². The number of allylic oxidation sites excluding steroid dienone is 4. The number of nitrogens with one attached hydrogen (secondary N) is 1. The molecule has 2 unspecified atom stereocenters. The molecule has 4 heteroatoms. The minimum atomic E-state index is -0.281. The number of benzene rings is 7. The summed E-state index contributed by atoms with van der Waals surface area (Å²) in [7, 11) is 0. The van der Waals surface area contributed by atoms with Crippen LogP contribution in [-0.4, -0.2) is 11.7 Å². The molecular weight excluding hydrogens is 599 g/mol. The fraction of sp³-hybridized carbons (Fsp3) is 0.0667. The van der Waals surface area contributed by atoms with Crippen molar-refractivity contribution >= 4 is 44.0 Å². The summed E-state index contributed by atoms with van der Waals surface area (Å²) in [5.41, 5.74) is 6.57. The predicted octanol–water partition coefficient (Wildman–Crippen LogP) is 10.6. The lowest BCUT2D eigenvalue weighted by Crippen LogP contribution is -2.33. The summed E-state index contributed by atoms with van der Waals surface area (Å²) in [4.78, 5) is 10.4. The normalized spacial score (nSPS) is 17.9. The average Bonchev–Trinajstić information content (AvgIpc) is 3.57. The van der Waals surface area contributed by atoms with E-state index < -0.39 is 0 Å². The van der Waals surface area contributed by atoms with Gasteiger partial charge in [0.25, 0.3) is 0 Å². The first kappa shape index (κ1) is 27.8. The van der Waals surface area contributed by atoms with Gasteiger partial charge in [0.05, 0.1) is 0 Å². The predicted molar refractivity (Wildman–Crippen MR) is 201 cm³/mol. The second kappa shape index (κ2) is 11.2. The van der Waals surface area contributed by atoms with Gasteiger partial charge >= 0.3 is 0 Å². The number of aliphatic imine (C=N–C) groups is 2. The van der Waals surface area contributed by atoms with Crippen LogP contribution in [0.15, 0.2) is 173 Å². The molecule has 4 nitrogen and oxygen atoms in total. The van der Waals surface area contributed by atoms with Gasteiger partial charge in [-0.3, -0.25) is 0 Å². The maximum atomic E-state index is 6.63. The van der Waals surface area contributed by atoms with Crippen molar-refractivity contribution in [1.82, 2.24) is 5.32 Å². The van der Waals surface area contributed by atoms with Crippen LogP contribution in [0.3, 0.4) is 0 Å². The lowest BCUT2D eigenvalue weighted by atomic mass is 9.84. The molecule has 7 aromatic rings. The molecule has 1 aliphatic carbocycles. The first-order valence-corrected chi connectivity index (χ1v) is 16.9.